The number of carbonyl (C=O) groups excluding carboxylic acids is 2. The SMILES string of the molecule is COc1cc(CO)ccc1NC(=O)[C@H](C)NC(=O)OC(C)(C)C. The molecule has 0 unspecified atom stereocenters. The zero-order valence-electron chi connectivity index (χ0n) is 14.1. The average molecular weight is 324 g/mol. The van der Waals surface area contributed by atoms with Gasteiger partial charge in [-0.1, -0.05) is 6.07 Å². The third-order valence-corrected chi connectivity index (χ3v) is 2.83. The molecule has 0 radical (unpaired) electrons. The predicted molar refractivity (Wildman–Crippen MR) is 86.4 cm³/mol. The fourth-order valence-electron chi connectivity index (χ4n) is 1.73. The second kappa shape index (κ2) is 7.82. The normalized spacial score (nSPS) is 12.3. The summed E-state index contributed by atoms with van der Waals surface area (Å²) in [6.45, 7) is 6.65. The number of methoxy groups -OCH3 is 1. The molecule has 0 aliphatic heterocycles. The molecule has 128 valence electrons. The van der Waals surface area contributed by atoms with Crippen molar-refractivity contribution in [2.24, 2.45) is 0 Å². The van der Waals surface area contributed by atoms with E-state index in [1.165, 1.54) is 7.11 Å². The van der Waals surface area contributed by atoms with E-state index in [2.05, 4.69) is 10.6 Å². The first kappa shape index (κ1) is 18.8. The lowest BCUT2D eigenvalue weighted by Gasteiger charge is -2.22. The largest absolute Gasteiger partial charge is 0.495 e. The summed E-state index contributed by atoms with van der Waals surface area (Å²) >= 11 is 0. The van der Waals surface area contributed by atoms with Gasteiger partial charge in [-0.05, 0) is 45.4 Å². The van der Waals surface area contributed by atoms with E-state index in [4.69, 9.17) is 14.6 Å². The average Bonchev–Trinajstić information content (AvgIpc) is 2.45. The van der Waals surface area contributed by atoms with E-state index in [1.807, 2.05) is 0 Å². The van der Waals surface area contributed by atoms with Gasteiger partial charge in [-0.3, -0.25) is 4.79 Å². The molecule has 1 rings (SSSR count). The second-order valence-corrected chi connectivity index (χ2v) is 6.05. The van der Waals surface area contributed by atoms with Crippen LogP contribution in [0.5, 0.6) is 5.75 Å². The van der Waals surface area contributed by atoms with Gasteiger partial charge in [0.2, 0.25) is 5.91 Å². The van der Waals surface area contributed by atoms with Crippen molar-refractivity contribution < 1.29 is 24.2 Å². The molecule has 0 aliphatic rings. The van der Waals surface area contributed by atoms with Crippen molar-refractivity contribution in [2.45, 2.75) is 45.9 Å². The highest BCUT2D eigenvalue weighted by molar-refractivity contribution is 5.97. The Morgan fingerprint density at radius 2 is 1.96 bits per heavy atom. The first-order valence-corrected chi connectivity index (χ1v) is 7.24. The summed E-state index contributed by atoms with van der Waals surface area (Å²) in [5.41, 5.74) is 0.483. The Labute approximate surface area is 136 Å². The summed E-state index contributed by atoms with van der Waals surface area (Å²) in [5.74, 6) is 0.0141. The van der Waals surface area contributed by atoms with Crippen LogP contribution in [0.4, 0.5) is 10.5 Å². The molecule has 0 heterocycles. The number of rotatable bonds is 5. The number of anilines is 1. The molecule has 0 spiro atoms. The zero-order chi connectivity index (χ0) is 17.6. The van der Waals surface area contributed by atoms with Crippen molar-refractivity contribution in [3.63, 3.8) is 0 Å². The first-order chi connectivity index (χ1) is 10.7. The smallest absolute Gasteiger partial charge is 0.408 e. The van der Waals surface area contributed by atoms with Crippen LogP contribution in [-0.2, 0) is 16.1 Å². The van der Waals surface area contributed by atoms with Crippen LogP contribution in [0.2, 0.25) is 0 Å². The van der Waals surface area contributed by atoms with Gasteiger partial charge in [-0.15, -0.1) is 0 Å². The number of hydrogen-bond donors (Lipinski definition) is 3. The molecule has 2 amide bonds. The standard InChI is InChI=1S/C16H24N2O5/c1-10(17-15(21)23-16(2,3)4)14(20)18-12-7-6-11(9-19)8-13(12)22-5/h6-8,10,19H,9H2,1-5H3,(H,17,21)(H,18,20)/t10-/m0/s1. The van der Waals surface area contributed by atoms with Crippen LogP contribution in [0.25, 0.3) is 0 Å². The number of benzene rings is 1. The summed E-state index contributed by atoms with van der Waals surface area (Å²) in [6.07, 6.45) is -0.664. The third kappa shape index (κ3) is 6.15. The number of aliphatic hydroxyl groups is 1. The molecule has 0 aromatic heterocycles. The number of alkyl carbamates (subject to hydrolysis) is 1. The molecule has 0 fully saturated rings. The van der Waals surface area contributed by atoms with Gasteiger partial charge in [-0.2, -0.15) is 0 Å². The molecule has 0 saturated heterocycles. The van der Waals surface area contributed by atoms with Gasteiger partial charge in [0, 0.05) is 0 Å². The topological polar surface area (TPSA) is 96.9 Å². The van der Waals surface area contributed by atoms with Crippen molar-refractivity contribution in [2.75, 3.05) is 12.4 Å². The van der Waals surface area contributed by atoms with Gasteiger partial charge in [0.25, 0.3) is 0 Å². The van der Waals surface area contributed by atoms with E-state index in [9.17, 15) is 9.59 Å². The summed E-state index contributed by atoms with van der Waals surface area (Å²) < 4.78 is 10.3. The number of ether oxygens (including phenoxy) is 2. The number of aliphatic hydroxyl groups excluding tert-OH is 1. The van der Waals surface area contributed by atoms with Crippen molar-refractivity contribution >= 4 is 17.7 Å². The van der Waals surface area contributed by atoms with Crippen LogP contribution in [0.1, 0.15) is 33.3 Å². The Morgan fingerprint density at radius 1 is 1.30 bits per heavy atom. The van der Waals surface area contributed by atoms with Gasteiger partial charge >= 0.3 is 6.09 Å². The highest BCUT2D eigenvalue weighted by Crippen LogP contribution is 2.25. The molecule has 7 nitrogen and oxygen atoms in total. The molecule has 23 heavy (non-hydrogen) atoms. The van der Waals surface area contributed by atoms with Crippen LogP contribution in [0.15, 0.2) is 18.2 Å². The van der Waals surface area contributed by atoms with Crippen molar-refractivity contribution in [1.29, 1.82) is 0 Å². The van der Waals surface area contributed by atoms with Gasteiger partial charge in [0.15, 0.2) is 0 Å². The van der Waals surface area contributed by atoms with E-state index >= 15 is 0 Å². The first-order valence-electron chi connectivity index (χ1n) is 7.24. The van der Waals surface area contributed by atoms with Crippen LogP contribution in [0.3, 0.4) is 0 Å². The molecular weight excluding hydrogens is 300 g/mol. The Kier molecular flexibility index (Phi) is 6.38. The zero-order valence-corrected chi connectivity index (χ0v) is 14.1. The molecule has 0 saturated carbocycles. The summed E-state index contributed by atoms with van der Waals surface area (Å²) in [6, 6.07) is 4.14. The Hall–Kier alpha value is -2.28. The Bertz CT molecular complexity index is 566. The minimum absolute atomic E-state index is 0.124. The van der Waals surface area contributed by atoms with Crippen LogP contribution in [-0.4, -0.2) is 35.9 Å². The fourth-order valence-corrected chi connectivity index (χ4v) is 1.73. The number of hydrogen-bond acceptors (Lipinski definition) is 5. The van der Waals surface area contributed by atoms with Gasteiger partial charge in [0.1, 0.15) is 17.4 Å². The van der Waals surface area contributed by atoms with Crippen molar-refractivity contribution in [3.05, 3.63) is 23.8 Å². The van der Waals surface area contributed by atoms with E-state index in [0.717, 1.165) is 0 Å². The molecule has 3 N–H and O–H groups in total. The highest BCUT2D eigenvalue weighted by Gasteiger charge is 2.21. The number of carbonyl (C=O) groups is 2. The second-order valence-electron chi connectivity index (χ2n) is 6.05. The number of amides is 2. The fraction of sp³-hybridized carbons (Fsp3) is 0.500. The van der Waals surface area contributed by atoms with Crippen molar-refractivity contribution in [3.8, 4) is 5.75 Å². The van der Waals surface area contributed by atoms with Crippen LogP contribution in [0, 0.1) is 0 Å². The van der Waals surface area contributed by atoms with E-state index in [0.29, 0.717) is 17.0 Å². The minimum atomic E-state index is -0.785. The maximum absolute atomic E-state index is 12.1. The third-order valence-electron chi connectivity index (χ3n) is 2.83. The van der Waals surface area contributed by atoms with Gasteiger partial charge < -0.3 is 25.2 Å². The molecule has 0 aliphatic carbocycles. The van der Waals surface area contributed by atoms with Gasteiger partial charge in [0.05, 0.1) is 19.4 Å². The van der Waals surface area contributed by atoms with E-state index in [1.54, 1.807) is 45.9 Å². The lowest BCUT2D eigenvalue weighted by molar-refractivity contribution is -0.117. The molecule has 1 aromatic carbocycles. The van der Waals surface area contributed by atoms with Crippen LogP contribution < -0.4 is 15.4 Å². The Balaban J connectivity index is 2.70. The molecule has 7 heteroatoms. The van der Waals surface area contributed by atoms with E-state index < -0.39 is 23.6 Å². The van der Waals surface area contributed by atoms with E-state index in [-0.39, 0.29) is 6.61 Å². The summed E-state index contributed by atoms with van der Waals surface area (Å²) in [4.78, 5) is 23.8. The minimum Gasteiger partial charge on any atom is -0.495 e. The maximum atomic E-state index is 12.1. The quantitative estimate of drug-likeness (QED) is 0.770. The lowest BCUT2D eigenvalue weighted by Crippen LogP contribution is -2.44. The molecule has 1 aromatic rings. The number of nitrogens with one attached hydrogen (secondary N) is 2. The maximum Gasteiger partial charge on any atom is 0.408 e. The summed E-state index contributed by atoms with van der Waals surface area (Å²) in [5, 5.41) is 14.2. The predicted octanol–water partition coefficient (Wildman–Crippen LogP) is 2.04. The molecular formula is C16H24N2O5. The van der Waals surface area contributed by atoms with Crippen molar-refractivity contribution in [1.82, 2.24) is 5.32 Å². The Morgan fingerprint density at radius 3 is 2.48 bits per heavy atom. The highest BCUT2D eigenvalue weighted by atomic mass is 16.6. The lowest BCUT2D eigenvalue weighted by atomic mass is 10.2. The summed E-state index contributed by atoms with van der Waals surface area (Å²) in [7, 11) is 1.47. The molecule has 1 atom stereocenters. The monoisotopic (exact) mass is 324 g/mol. The van der Waals surface area contributed by atoms with Gasteiger partial charge in [-0.25, -0.2) is 4.79 Å². The molecule has 0 bridgehead atoms. The van der Waals surface area contributed by atoms with Crippen LogP contribution >= 0.6 is 0 Å².